The largest absolute Gasteiger partial charge is 0.394 e. The summed E-state index contributed by atoms with van der Waals surface area (Å²) in [7, 11) is 1.25. The molecule has 0 radical (unpaired) electrons. The molecule has 4 aliphatic heterocycles. The lowest BCUT2D eigenvalue weighted by Crippen LogP contribution is -2.43. The minimum Gasteiger partial charge on any atom is -0.394 e. The van der Waals surface area contributed by atoms with Gasteiger partial charge >= 0.3 is 0 Å². The highest BCUT2D eigenvalue weighted by molar-refractivity contribution is 5.60. The average Bonchev–Trinajstić information content (AvgIpc) is 3.93. The summed E-state index contributed by atoms with van der Waals surface area (Å²) in [5, 5.41) is 64.1. The van der Waals surface area contributed by atoms with Gasteiger partial charge in [0.25, 0.3) is 0 Å². The molecule has 0 saturated heterocycles. The standard InChI is InChI=1S/2C12H17NO2.C12H17NO.C11H15NO2.2CH4.H2/c14-8-11(9-15)13-7-3-5-10-4-1-2-6-12(10)13;14-9-11(15)8-13-7-3-5-10-4-1-2-6-12(10)13;1-2-11(9-14)13-8-7-10-5-3-4-6-12(10)13;13-8-10(14)7-12-6-5-9-3-1-2-4-11(9)12;;;/h2*1-2,4,6,11,14-15H,3,5,7-9H2;3-6,11,14H,2,7-9H2,1H3;1-4,10,13-14H,5-8H2;2*1H4;1H/i;;;;1D;;1+2. The lowest BCUT2D eigenvalue weighted by Gasteiger charge is -2.36. The SMILES string of the molecule is C.CCC(CO)N1CCc2ccccc21.OCC(CO)N1CCCc2ccccc21.OCC(O)CN1CCCc2ccccc21.OCC(O)CN1CCc2ccccc21.[2H]C.[3HH]. The molecular formula is C49H76N4O7. The van der Waals surface area contributed by atoms with Crippen molar-refractivity contribution in [2.75, 3.05) is 91.9 Å². The van der Waals surface area contributed by atoms with E-state index in [2.05, 4.69) is 87.2 Å². The molecule has 0 saturated carbocycles. The van der Waals surface area contributed by atoms with Gasteiger partial charge in [0.1, 0.15) is 0 Å². The van der Waals surface area contributed by atoms with Crippen molar-refractivity contribution in [2.45, 2.75) is 91.0 Å². The third-order valence-electron chi connectivity index (χ3n) is 11.5. The van der Waals surface area contributed by atoms with Gasteiger partial charge in [0.2, 0.25) is 0 Å². The second-order valence-corrected chi connectivity index (χ2v) is 15.4. The van der Waals surface area contributed by atoms with Crippen molar-refractivity contribution in [3.8, 4) is 0 Å². The molecule has 8 rings (SSSR count). The number of hydrogen-bond donors (Lipinski definition) is 7. The first-order valence-electron chi connectivity index (χ1n) is 22.1. The molecule has 0 fully saturated rings. The van der Waals surface area contributed by atoms with E-state index in [9.17, 15) is 25.5 Å². The number of fused-ring (bicyclic) bond motifs is 4. The molecule has 0 aliphatic carbocycles. The van der Waals surface area contributed by atoms with Gasteiger partial charge in [-0.15, -0.1) is 0 Å². The van der Waals surface area contributed by atoms with Crippen molar-refractivity contribution in [1.82, 2.24) is 0 Å². The maximum atomic E-state index is 9.44. The highest BCUT2D eigenvalue weighted by atomic mass is 16.3. The Morgan fingerprint density at radius 2 is 0.850 bits per heavy atom. The summed E-state index contributed by atoms with van der Waals surface area (Å²) in [5.74, 6) is 0. The number of hydrogen-bond acceptors (Lipinski definition) is 11. The van der Waals surface area contributed by atoms with Gasteiger partial charge < -0.3 is 55.3 Å². The number of rotatable bonds is 12. The molecule has 0 bridgehead atoms. The third kappa shape index (κ3) is 13.4. The van der Waals surface area contributed by atoms with Crippen molar-refractivity contribution < 1.29 is 38.5 Å². The molecule has 3 unspecified atom stereocenters. The third-order valence-corrected chi connectivity index (χ3v) is 11.5. The molecule has 4 aromatic carbocycles. The Kier molecular flexibility index (Phi) is 21.2. The van der Waals surface area contributed by atoms with Crippen LogP contribution in [0.15, 0.2) is 97.1 Å². The molecule has 4 aromatic rings. The molecule has 11 heteroatoms. The predicted molar refractivity (Wildman–Crippen MR) is 250 cm³/mol. The second-order valence-electron chi connectivity index (χ2n) is 15.4. The molecule has 7 N–H and O–H groups in total. The van der Waals surface area contributed by atoms with Gasteiger partial charge in [0.15, 0.2) is 0 Å². The molecule has 0 spiro atoms. The monoisotopic (exact) mass is 836 g/mol. The normalized spacial score (nSPS) is 16.2. The molecule has 4 aliphatic rings. The molecule has 0 amide bonds. The Hall–Kier alpha value is -4.20. The van der Waals surface area contributed by atoms with Crippen LogP contribution in [0.1, 0.15) is 66.1 Å². The number of anilines is 4. The average molecular weight is 836 g/mol. The first kappa shape index (κ1) is 48.5. The van der Waals surface area contributed by atoms with Crippen LogP contribution in [0, 0.1) is 0 Å². The molecule has 11 nitrogen and oxygen atoms in total. The number of para-hydroxylation sites is 4. The summed E-state index contributed by atoms with van der Waals surface area (Å²) in [6, 6.07) is 33.3. The summed E-state index contributed by atoms with van der Waals surface area (Å²) >= 11 is 0. The lowest BCUT2D eigenvalue weighted by atomic mass is 10.0. The van der Waals surface area contributed by atoms with Crippen molar-refractivity contribution in [3.05, 3.63) is 119 Å². The molecule has 60 heavy (non-hydrogen) atoms. The number of benzene rings is 4. The number of aliphatic hydroxyl groups is 7. The van der Waals surface area contributed by atoms with E-state index >= 15 is 0 Å². The Morgan fingerprint density at radius 1 is 0.483 bits per heavy atom. The van der Waals surface area contributed by atoms with E-state index < -0.39 is 12.2 Å². The van der Waals surface area contributed by atoms with Gasteiger partial charge in [-0.1, -0.05) is 94.5 Å². The maximum Gasteiger partial charge on any atom is 0.0945 e. The van der Waals surface area contributed by atoms with E-state index in [0.717, 1.165) is 76.8 Å². The van der Waals surface area contributed by atoms with E-state index in [1.807, 2.05) is 36.4 Å². The number of aryl methyl sites for hydroxylation is 2. The quantitative estimate of drug-likeness (QED) is 0.0993. The zero-order chi connectivity index (χ0) is 43.3. The topological polar surface area (TPSA) is 155 Å². The highest BCUT2D eigenvalue weighted by Crippen LogP contribution is 2.31. The fourth-order valence-corrected chi connectivity index (χ4v) is 8.41. The van der Waals surface area contributed by atoms with Gasteiger partial charge in [-0.2, -0.15) is 0 Å². The summed E-state index contributed by atoms with van der Waals surface area (Å²) in [6.07, 6.45) is 6.30. The van der Waals surface area contributed by atoms with E-state index in [0.29, 0.717) is 19.1 Å². The van der Waals surface area contributed by atoms with Crippen LogP contribution in [-0.2, 0) is 25.7 Å². The van der Waals surface area contributed by atoms with Crippen molar-refractivity contribution in [2.24, 2.45) is 0 Å². The fourth-order valence-electron chi connectivity index (χ4n) is 8.41. The van der Waals surface area contributed by atoms with Crippen LogP contribution in [0.25, 0.3) is 0 Å². The summed E-state index contributed by atoms with van der Waals surface area (Å²) in [5.41, 5.74) is 10.3. The smallest absolute Gasteiger partial charge is 0.0945 e. The van der Waals surface area contributed by atoms with Crippen LogP contribution in [0.4, 0.5) is 22.7 Å². The minimum atomic E-state index is -0.642. The summed E-state index contributed by atoms with van der Waals surface area (Å²) in [4.78, 5) is 8.71. The lowest BCUT2D eigenvalue weighted by molar-refractivity contribution is 0.0996. The van der Waals surface area contributed by atoms with Crippen LogP contribution in [-0.4, -0.2) is 132 Å². The fraction of sp³-hybridized carbons (Fsp3) is 0.510. The van der Waals surface area contributed by atoms with Crippen LogP contribution < -0.4 is 19.6 Å². The van der Waals surface area contributed by atoms with E-state index in [-0.39, 0.29) is 47.9 Å². The van der Waals surface area contributed by atoms with Crippen molar-refractivity contribution in [3.63, 3.8) is 0 Å². The first-order valence-corrected chi connectivity index (χ1v) is 21.1. The van der Waals surface area contributed by atoms with E-state index in [4.69, 9.17) is 11.6 Å². The zero-order valence-electron chi connectivity index (χ0n) is 36.2. The number of aliphatic hydroxyl groups excluding tert-OH is 7. The minimum absolute atomic E-state index is 0. The zero-order valence-corrected chi connectivity index (χ0v) is 35.2. The van der Waals surface area contributed by atoms with Gasteiger partial charge in [-0.3, -0.25) is 0 Å². The number of nitrogens with zero attached hydrogens (tertiary/aromatic N) is 4. The van der Waals surface area contributed by atoms with Gasteiger partial charge in [-0.25, -0.2) is 0 Å². The predicted octanol–water partition coefficient (Wildman–Crippen LogP) is 5.33. The molecular weight excluding hydrogens is 757 g/mol. The van der Waals surface area contributed by atoms with Gasteiger partial charge in [-0.05, 0) is 91.5 Å². The van der Waals surface area contributed by atoms with Crippen LogP contribution >= 0.6 is 0 Å². The molecule has 0 aromatic heterocycles. The van der Waals surface area contributed by atoms with Gasteiger partial charge in [0.05, 0.1) is 57.3 Å². The Balaban J connectivity index is 0.000000278. The van der Waals surface area contributed by atoms with E-state index in [1.54, 1.807) is 0 Å². The summed E-state index contributed by atoms with van der Waals surface area (Å²) < 4.78 is 5.75. The molecule has 3 atom stereocenters. The first-order chi connectivity index (χ1) is 29.3. The Bertz CT molecular complexity index is 1800. The van der Waals surface area contributed by atoms with Crippen molar-refractivity contribution >= 4 is 22.7 Å². The van der Waals surface area contributed by atoms with Gasteiger partial charge in [0, 0.05) is 64.8 Å². The maximum absolute atomic E-state index is 9.44. The van der Waals surface area contributed by atoms with Crippen LogP contribution in [0.3, 0.4) is 0 Å². The summed E-state index contributed by atoms with van der Waals surface area (Å²) in [6.45, 7) is 6.98. The molecule has 4 heterocycles. The Morgan fingerprint density at radius 3 is 1.32 bits per heavy atom. The molecule has 334 valence electrons. The van der Waals surface area contributed by atoms with Crippen LogP contribution in [0.2, 0.25) is 0 Å². The van der Waals surface area contributed by atoms with E-state index in [1.165, 1.54) is 46.7 Å². The number of β-amino-alcohol motifs (C(OH)–C–C–N with tert-alkyl or cyclic N) is 2. The van der Waals surface area contributed by atoms with Crippen molar-refractivity contribution in [1.29, 1.82) is 0 Å². The highest BCUT2D eigenvalue weighted by Gasteiger charge is 2.25. The Labute approximate surface area is 362 Å². The second kappa shape index (κ2) is 26.2. The van der Waals surface area contributed by atoms with Crippen LogP contribution in [0.5, 0.6) is 0 Å².